The highest BCUT2D eigenvalue weighted by molar-refractivity contribution is 6.32. The van der Waals surface area contributed by atoms with E-state index in [-0.39, 0.29) is 11.8 Å². The zero-order valence-electron chi connectivity index (χ0n) is 15.9. The summed E-state index contributed by atoms with van der Waals surface area (Å²) in [5.41, 5.74) is 3.23. The lowest BCUT2D eigenvalue weighted by Crippen LogP contribution is -2.39. The predicted octanol–water partition coefficient (Wildman–Crippen LogP) is 5.69. The molecule has 0 spiro atoms. The van der Waals surface area contributed by atoms with Gasteiger partial charge in [-0.1, -0.05) is 62.1 Å². The molecule has 0 bridgehead atoms. The number of halogens is 1. The minimum atomic E-state index is 0.111. The molecule has 1 saturated carbocycles. The molecular formula is C23H27ClN2O. The molecule has 1 aromatic carbocycles. The van der Waals surface area contributed by atoms with Gasteiger partial charge in [0.25, 0.3) is 0 Å². The van der Waals surface area contributed by atoms with E-state index < -0.39 is 0 Å². The third kappa shape index (κ3) is 3.75. The van der Waals surface area contributed by atoms with Gasteiger partial charge in [0.2, 0.25) is 5.91 Å². The zero-order chi connectivity index (χ0) is 18.8. The zero-order valence-corrected chi connectivity index (χ0v) is 16.7. The first kappa shape index (κ1) is 18.5. The maximum atomic E-state index is 13.1. The molecular weight excluding hydrogens is 356 g/mol. The molecule has 4 rings (SSSR count). The summed E-state index contributed by atoms with van der Waals surface area (Å²) in [4.78, 5) is 19.4. The van der Waals surface area contributed by atoms with E-state index in [9.17, 15) is 4.79 Å². The molecule has 2 heterocycles. The highest BCUT2D eigenvalue weighted by atomic mass is 35.5. The van der Waals surface area contributed by atoms with Crippen LogP contribution in [0.3, 0.4) is 0 Å². The Bertz CT molecular complexity index is 798. The van der Waals surface area contributed by atoms with E-state index in [1.807, 2.05) is 12.1 Å². The average molecular weight is 383 g/mol. The van der Waals surface area contributed by atoms with Crippen LogP contribution in [0, 0.1) is 5.92 Å². The van der Waals surface area contributed by atoms with Crippen molar-refractivity contribution in [3.63, 3.8) is 0 Å². The van der Waals surface area contributed by atoms with Crippen molar-refractivity contribution in [2.24, 2.45) is 5.92 Å². The molecule has 2 aromatic rings. The van der Waals surface area contributed by atoms with Gasteiger partial charge in [0.15, 0.2) is 0 Å². The van der Waals surface area contributed by atoms with Crippen LogP contribution in [0.25, 0.3) is 11.1 Å². The number of likely N-dealkylation sites (tertiary alicyclic amines) is 1. The van der Waals surface area contributed by atoms with E-state index in [2.05, 4.69) is 41.1 Å². The highest BCUT2D eigenvalue weighted by Gasteiger charge is 2.39. The van der Waals surface area contributed by atoms with Crippen molar-refractivity contribution in [1.29, 1.82) is 0 Å². The van der Waals surface area contributed by atoms with Crippen LogP contribution < -0.4 is 0 Å². The van der Waals surface area contributed by atoms with Gasteiger partial charge in [-0.25, -0.2) is 4.98 Å². The summed E-state index contributed by atoms with van der Waals surface area (Å²) in [7, 11) is 0. The minimum Gasteiger partial charge on any atom is -0.339 e. The Hall–Kier alpha value is -1.87. The van der Waals surface area contributed by atoms with Gasteiger partial charge >= 0.3 is 0 Å². The maximum Gasteiger partial charge on any atom is 0.226 e. The summed E-state index contributed by atoms with van der Waals surface area (Å²) < 4.78 is 0. The quantitative estimate of drug-likeness (QED) is 0.636. The third-order valence-electron chi connectivity index (χ3n) is 6.41. The Morgan fingerprint density at radius 2 is 1.81 bits per heavy atom. The van der Waals surface area contributed by atoms with Crippen molar-refractivity contribution in [3.05, 3.63) is 53.3 Å². The lowest BCUT2D eigenvalue weighted by Gasteiger charge is -2.31. The first-order chi connectivity index (χ1) is 13.1. The fourth-order valence-corrected chi connectivity index (χ4v) is 4.97. The van der Waals surface area contributed by atoms with Crippen molar-refractivity contribution in [1.82, 2.24) is 9.88 Å². The standard InChI is InChI=1S/C23H27ClN2O/c1-16(20-13-15-26(23(20)27)19-6-3-2-4-7-19)17-9-11-18(12-10-17)21-8-5-14-25-22(21)24/h5,8-12,14,16,19-20H,2-4,6-7,13,15H2,1H3. The van der Waals surface area contributed by atoms with Gasteiger partial charge in [-0.3, -0.25) is 4.79 Å². The molecule has 1 amide bonds. The summed E-state index contributed by atoms with van der Waals surface area (Å²) >= 11 is 6.21. The molecule has 0 N–H and O–H groups in total. The van der Waals surface area contributed by atoms with E-state index >= 15 is 0 Å². The molecule has 2 fully saturated rings. The second-order valence-electron chi connectivity index (χ2n) is 7.97. The number of amides is 1. The molecule has 1 aliphatic carbocycles. The highest BCUT2D eigenvalue weighted by Crippen LogP contribution is 2.37. The second kappa shape index (κ2) is 8.02. The van der Waals surface area contributed by atoms with Crippen LogP contribution in [0.4, 0.5) is 0 Å². The van der Waals surface area contributed by atoms with Crippen LogP contribution in [-0.4, -0.2) is 28.4 Å². The maximum absolute atomic E-state index is 13.1. The number of pyridine rings is 1. The van der Waals surface area contributed by atoms with Crippen molar-refractivity contribution in [2.75, 3.05) is 6.54 Å². The Morgan fingerprint density at radius 1 is 1.07 bits per heavy atom. The fraction of sp³-hybridized carbons (Fsp3) is 0.478. The van der Waals surface area contributed by atoms with Crippen LogP contribution in [0.2, 0.25) is 5.15 Å². The van der Waals surface area contributed by atoms with Gasteiger partial charge in [-0.2, -0.15) is 0 Å². The molecule has 2 aliphatic rings. The van der Waals surface area contributed by atoms with Crippen molar-refractivity contribution in [2.45, 2.75) is 57.4 Å². The van der Waals surface area contributed by atoms with E-state index in [1.165, 1.54) is 37.7 Å². The van der Waals surface area contributed by atoms with E-state index in [1.54, 1.807) is 6.20 Å². The largest absolute Gasteiger partial charge is 0.339 e. The molecule has 3 nitrogen and oxygen atoms in total. The number of aromatic nitrogens is 1. The molecule has 142 valence electrons. The molecule has 1 saturated heterocycles. The Morgan fingerprint density at radius 3 is 2.52 bits per heavy atom. The monoisotopic (exact) mass is 382 g/mol. The van der Waals surface area contributed by atoms with Crippen LogP contribution >= 0.6 is 11.6 Å². The topological polar surface area (TPSA) is 33.2 Å². The molecule has 2 unspecified atom stereocenters. The number of hydrogen-bond donors (Lipinski definition) is 0. The van der Waals surface area contributed by atoms with Crippen LogP contribution in [0.15, 0.2) is 42.6 Å². The van der Waals surface area contributed by atoms with Gasteiger partial charge in [-0.15, -0.1) is 0 Å². The van der Waals surface area contributed by atoms with Crippen LogP contribution in [-0.2, 0) is 4.79 Å². The normalized spacial score (nSPS) is 22.2. The number of hydrogen-bond acceptors (Lipinski definition) is 2. The van der Waals surface area contributed by atoms with Crippen molar-refractivity contribution < 1.29 is 4.79 Å². The van der Waals surface area contributed by atoms with Crippen LogP contribution in [0.5, 0.6) is 0 Å². The average Bonchev–Trinajstić information content (AvgIpc) is 3.10. The van der Waals surface area contributed by atoms with E-state index in [4.69, 9.17) is 11.6 Å². The number of rotatable bonds is 4. The van der Waals surface area contributed by atoms with Crippen LogP contribution in [0.1, 0.15) is 56.9 Å². The summed E-state index contributed by atoms with van der Waals surface area (Å²) in [5, 5.41) is 0.521. The Labute approximate surface area is 166 Å². The van der Waals surface area contributed by atoms with Gasteiger partial charge in [-0.05, 0) is 48.4 Å². The molecule has 0 radical (unpaired) electrons. The molecule has 27 heavy (non-hydrogen) atoms. The van der Waals surface area contributed by atoms with Gasteiger partial charge in [0.05, 0.1) is 0 Å². The summed E-state index contributed by atoms with van der Waals surface area (Å²) in [5.74, 6) is 0.720. The number of benzene rings is 1. The molecule has 1 aliphatic heterocycles. The second-order valence-corrected chi connectivity index (χ2v) is 8.33. The first-order valence-electron chi connectivity index (χ1n) is 10.2. The SMILES string of the molecule is CC(c1ccc(-c2cccnc2Cl)cc1)C1CCN(C2CCCCC2)C1=O. The molecule has 4 heteroatoms. The predicted molar refractivity (Wildman–Crippen MR) is 110 cm³/mol. The van der Waals surface area contributed by atoms with E-state index in [0.717, 1.165) is 24.1 Å². The lowest BCUT2D eigenvalue weighted by atomic mass is 9.85. The molecule has 2 atom stereocenters. The lowest BCUT2D eigenvalue weighted by molar-refractivity contribution is -0.133. The van der Waals surface area contributed by atoms with E-state index in [0.29, 0.717) is 17.1 Å². The Kier molecular flexibility index (Phi) is 5.49. The number of nitrogens with zero attached hydrogens (tertiary/aromatic N) is 2. The summed E-state index contributed by atoms with van der Waals surface area (Å²) in [6, 6.07) is 12.8. The number of carbonyl (C=O) groups is 1. The smallest absolute Gasteiger partial charge is 0.226 e. The number of carbonyl (C=O) groups excluding carboxylic acids is 1. The van der Waals surface area contributed by atoms with Gasteiger partial charge in [0.1, 0.15) is 5.15 Å². The van der Waals surface area contributed by atoms with Crippen molar-refractivity contribution in [3.8, 4) is 11.1 Å². The third-order valence-corrected chi connectivity index (χ3v) is 6.71. The first-order valence-corrected chi connectivity index (χ1v) is 10.5. The Balaban J connectivity index is 1.47. The minimum absolute atomic E-state index is 0.111. The summed E-state index contributed by atoms with van der Waals surface area (Å²) in [6.45, 7) is 3.13. The summed E-state index contributed by atoms with van der Waals surface area (Å²) in [6.07, 6.45) is 8.92. The van der Waals surface area contributed by atoms with Gasteiger partial charge < -0.3 is 4.90 Å². The van der Waals surface area contributed by atoms with Gasteiger partial charge in [0, 0.05) is 30.3 Å². The fourth-order valence-electron chi connectivity index (χ4n) is 4.74. The molecule has 1 aromatic heterocycles. The van der Waals surface area contributed by atoms with Crippen molar-refractivity contribution >= 4 is 17.5 Å².